The second kappa shape index (κ2) is 4.08. The molecule has 2 rings (SSSR count). The van der Waals surface area contributed by atoms with Gasteiger partial charge < -0.3 is 5.11 Å². The van der Waals surface area contributed by atoms with Gasteiger partial charge in [-0.2, -0.15) is 0 Å². The van der Waals surface area contributed by atoms with Crippen LogP contribution in [-0.2, 0) is 17.8 Å². The van der Waals surface area contributed by atoms with Crippen molar-refractivity contribution in [3.63, 3.8) is 0 Å². The van der Waals surface area contributed by atoms with Crippen LogP contribution in [0.15, 0.2) is 11.0 Å². The average Bonchev–Trinajstić information content (AvgIpc) is 2.23. The van der Waals surface area contributed by atoms with Gasteiger partial charge in [0.1, 0.15) is 5.82 Å². The third-order valence-corrected chi connectivity index (χ3v) is 2.95. The molecule has 1 aromatic rings. The monoisotopic (exact) mass is 222 g/mol. The first-order valence-electron chi connectivity index (χ1n) is 5.40. The standard InChI is InChI=1S/C11H14N2O3/c1-7-3-2-4-13-10(7)12-6-8(11(13)16)5-9(14)15/h6-7H,2-5H2,1H3,(H,14,15). The topological polar surface area (TPSA) is 72.2 Å². The zero-order chi connectivity index (χ0) is 11.7. The van der Waals surface area contributed by atoms with Gasteiger partial charge in [-0.3, -0.25) is 14.2 Å². The molecule has 0 fully saturated rings. The number of nitrogens with zero attached hydrogens (tertiary/aromatic N) is 2. The molecule has 0 bridgehead atoms. The van der Waals surface area contributed by atoms with Crippen LogP contribution in [0.1, 0.15) is 37.1 Å². The van der Waals surface area contributed by atoms with E-state index in [9.17, 15) is 9.59 Å². The molecule has 0 radical (unpaired) electrons. The van der Waals surface area contributed by atoms with Crippen molar-refractivity contribution in [1.29, 1.82) is 0 Å². The Morgan fingerprint density at radius 1 is 1.69 bits per heavy atom. The zero-order valence-electron chi connectivity index (χ0n) is 9.14. The Morgan fingerprint density at radius 3 is 3.12 bits per heavy atom. The molecule has 5 heteroatoms. The first-order valence-corrected chi connectivity index (χ1v) is 5.40. The second-order valence-corrected chi connectivity index (χ2v) is 4.21. The highest BCUT2D eigenvalue weighted by Gasteiger charge is 2.20. The predicted molar refractivity (Wildman–Crippen MR) is 57.5 cm³/mol. The third-order valence-electron chi connectivity index (χ3n) is 2.95. The fourth-order valence-corrected chi connectivity index (χ4v) is 2.12. The molecule has 0 saturated heterocycles. The number of aliphatic carboxylic acids is 1. The maximum absolute atomic E-state index is 12.0. The summed E-state index contributed by atoms with van der Waals surface area (Å²) in [4.78, 5) is 26.7. The van der Waals surface area contributed by atoms with Crippen LogP contribution in [0.4, 0.5) is 0 Å². The van der Waals surface area contributed by atoms with Crippen LogP contribution in [0, 0.1) is 0 Å². The molecule has 1 atom stereocenters. The Kier molecular flexibility index (Phi) is 2.77. The van der Waals surface area contributed by atoms with Crippen molar-refractivity contribution in [3.05, 3.63) is 27.9 Å². The molecule has 1 N–H and O–H groups in total. The number of fused-ring (bicyclic) bond motifs is 1. The summed E-state index contributed by atoms with van der Waals surface area (Å²) in [5.41, 5.74) is 0.0734. The van der Waals surface area contributed by atoms with Gasteiger partial charge >= 0.3 is 5.97 Å². The van der Waals surface area contributed by atoms with E-state index in [0.29, 0.717) is 6.54 Å². The minimum Gasteiger partial charge on any atom is -0.481 e. The smallest absolute Gasteiger partial charge is 0.308 e. The van der Waals surface area contributed by atoms with E-state index >= 15 is 0 Å². The van der Waals surface area contributed by atoms with E-state index in [1.54, 1.807) is 4.57 Å². The van der Waals surface area contributed by atoms with E-state index in [4.69, 9.17) is 5.11 Å². The molecule has 1 aliphatic heterocycles. The maximum Gasteiger partial charge on any atom is 0.308 e. The molecule has 0 saturated carbocycles. The molecular formula is C11H14N2O3. The molecule has 0 amide bonds. The van der Waals surface area contributed by atoms with Gasteiger partial charge in [-0.25, -0.2) is 4.98 Å². The molecule has 1 aliphatic rings. The molecule has 2 heterocycles. The SMILES string of the molecule is CC1CCCn2c1ncc(CC(=O)O)c2=O. The lowest BCUT2D eigenvalue weighted by Crippen LogP contribution is -2.32. The highest BCUT2D eigenvalue weighted by Crippen LogP contribution is 2.22. The summed E-state index contributed by atoms with van der Waals surface area (Å²) >= 11 is 0. The van der Waals surface area contributed by atoms with Crippen LogP contribution in [0.5, 0.6) is 0 Å². The van der Waals surface area contributed by atoms with Crippen LogP contribution in [0.3, 0.4) is 0 Å². The van der Waals surface area contributed by atoms with Crippen molar-refractivity contribution in [2.24, 2.45) is 0 Å². The van der Waals surface area contributed by atoms with E-state index in [1.807, 2.05) is 6.92 Å². The Labute approximate surface area is 92.7 Å². The van der Waals surface area contributed by atoms with E-state index in [2.05, 4.69) is 4.98 Å². The molecular weight excluding hydrogens is 208 g/mol. The maximum atomic E-state index is 12.0. The van der Waals surface area contributed by atoms with Crippen molar-refractivity contribution in [2.75, 3.05) is 0 Å². The van der Waals surface area contributed by atoms with Gasteiger partial charge in [0, 0.05) is 24.2 Å². The van der Waals surface area contributed by atoms with Crippen LogP contribution in [0.2, 0.25) is 0 Å². The van der Waals surface area contributed by atoms with E-state index in [1.165, 1.54) is 6.20 Å². The van der Waals surface area contributed by atoms with Crippen LogP contribution in [-0.4, -0.2) is 20.6 Å². The Balaban J connectivity index is 2.47. The minimum atomic E-state index is -0.997. The lowest BCUT2D eigenvalue weighted by molar-refractivity contribution is -0.136. The number of rotatable bonds is 2. The zero-order valence-corrected chi connectivity index (χ0v) is 9.14. The van der Waals surface area contributed by atoms with Crippen LogP contribution in [0.25, 0.3) is 0 Å². The second-order valence-electron chi connectivity index (χ2n) is 4.21. The molecule has 5 nitrogen and oxygen atoms in total. The largest absolute Gasteiger partial charge is 0.481 e. The van der Waals surface area contributed by atoms with Crippen molar-refractivity contribution in [1.82, 2.24) is 9.55 Å². The summed E-state index contributed by atoms with van der Waals surface area (Å²) in [5.74, 6) is 0.0639. The van der Waals surface area contributed by atoms with Gasteiger partial charge in [0.2, 0.25) is 0 Å². The van der Waals surface area contributed by atoms with Gasteiger partial charge in [-0.05, 0) is 12.8 Å². The van der Waals surface area contributed by atoms with Crippen molar-refractivity contribution in [2.45, 2.75) is 38.6 Å². The van der Waals surface area contributed by atoms with E-state index < -0.39 is 5.97 Å². The fraction of sp³-hybridized carbons (Fsp3) is 0.545. The normalized spacial score (nSPS) is 19.2. The first kappa shape index (κ1) is 10.9. The molecule has 1 aromatic heterocycles. The molecule has 16 heavy (non-hydrogen) atoms. The summed E-state index contributed by atoms with van der Waals surface area (Å²) in [5, 5.41) is 8.67. The number of carbonyl (C=O) groups is 1. The lowest BCUT2D eigenvalue weighted by atomic mass is 10.0. The fourth-order valence-electron chi connectivity index (χ4n) is 2.12. The van der Waals surface area contributed by atoms with Crippen LogP contribution >= 0.6 is 0 Å². The first-order chi connectivity index (χ1) is 7.59. The highest BCUT2D eigenvalue weighted by molar-refractivity contribution is 5.69. The number of carboxylic acid groups (broad SMARTS) is 1. The summed E-state index contributed by atoms with van der Waals surface area (Å²) < 4.78 is 1.62. The van der Waals surface area contributed by atoms with Crippen molar-refractivity contribution in [3.8, 4) is 0 Å². The summed E-state index contributed by atoms with van der Waals surface area (Å²) in [6, 6.07) is 0. The molecule has 0 spiro atoms. The molecule has 86 valence electrons. The van der Waals surface area contributed by atoms with E-state index in [0.717, 1.165) is 18.7 Å². The number of hydrogen-bond acceptors (Lipinski definition) is 3. The summed E-state index contributed by atoms with van der Waals surface area (Å²) in [7, 11) is 0. The van der Waals surface area contributed by atoms with Gasteiger partial charge in [0.05, 0.1) is 6.42 Å². The Bertz CT molecular complexity index is 479. The third kappa shape index (κ3) is 1.85. The highest BCUT2D eigenvalue weighted by atomic mass is 16.4. The quantitative estimate of drug-likeness (QED) is 0.802. The van der Waals surface area contributed by atoms with Gasteiger partial charge in [-0.1, -0.05) is 6.92 Å². The number of hydrogen-bond donors (Lipinski definition) is 1. The minimum absolute atomic E-state index is 0.195. The Hall–Kier alpha value is -1.65. The number of carboxylic acids is 1. The average molecular weight is 222 g/mol. The summed E-state index contributed by atoms with van der Waals surface area (Å²) in [6.07, 6.45) is 3.14. The summed E-state index contributed by atoms with van der Waals surface area (Å²) in [6.45, 7) is 2.69. The number of aromatic nitrogens is 2. The van der Waals surface area contributed by atoms with Gasteiger partial charge in [0.25, 0.3) is 5.56 Å². The van der Waals surface area contributed by atoms with Crippen molar-refractivity contribution < 1.29 is 9.90 Å². The Morgan fingerprint density at radius 2 is 2.44 bits per heavy atom. The van der Waals surface area contributed by atoms with Gasteiger partial charge in [0.15, 0.2) is 0 Å². The van der Waals surface area contributed by atoms with Crippen molar-refractivity contribution >= 4 is 5.97 Å². The molecule has 0 aromatic carbocycles. The van der Waals surface area contributed by atoms with Gasteiger partial charge in [-0.15, -0.1) is 0 Å². The molecule has 1 unspecified atom stereocenters. The molecule has 0 aliphatic carbocycles. The predicted octanol–water partition coefficient (Wildman–Crippen LogP) is 0.768. The van der Waals surface area contributed by atoms with E-state index in [-0.39, 0.29) is 23.5 Å². The van der Waals surface area contributed by atoms with Crippen LogP contribution < -0.4 is 5.56 Å². The lowest BCUT2D eigenvalue weighted by Gasteiger charge is -2.22.